The smallest absolute Gasteiger partial charge is 0.259 e. The van der Waals surface area contributed by atoms with E-state index in [2.05, 4.69) is 9.97 Å². The number of imidazole rings is 1. The van der Waals surface area contributed by atoms with Crippen LogP contribution in [0.25, 0.3) is 17.0 Å². The van der Waals surface area contributed by atoms with E-state index in [9.17, 15) is 4.79 Å². The van der Waals surface area contributed by atoms with Crippen LogP contribution in [0.15, 0.2) is 53.6 Å². The Morgan fingerprint density at radius 1 is 1.19 bits per heavy atom. The van der Waals surface area contributed by atoms with Crippen molar-refractivity contribution in [1.29, 1.82) is 0 Å². The van der Waals surface area contributed by atoms with Gasteiger partial charge in [0.25, 0.3) is 5.56 Å². The van der Waals surface area contributed by atoms with Gasteiger partial charge in [0.05, 0.1) is 5.69 Å². The Labute approximate surface area is 91.2 Å². The van der Waals surface area contributed by atoms with E-state index in [1.807, 2.05) is 30.3 Å². The van der Waals surface area contributed by atoms with E-state index < -0.39 is 0 Å². The van der Waals surface area contributed by atoms with Gasteiger partial charge >= 0.3 is 0 Å². The summed E-state index contributed by atoms with van der Waals surface area (Å²) < 4.78 is 1.48. The first-order valence-corrected chi connectivity index (χ1v) is 4.96. The number of aromatic amines is 1. The Morgan fingerprint density at radius 2 is 2.00 bits per heavy atom. The van der Waals surface area contributed by atoms with Crippen LogP contribution in [0.1, 0.15) is 0 Å². The number of hydrogen-bond acceptors (Lipinski definition) is 2. The highest BCUT2D eigenvalue weighted by Gasteiger charge is 2.03. The van der Waals surface area contributed by atoms with Crippen LogP contribution < -0.4 is 5.56 Å². The maximum absolute atomic E-state index is 11.7. The number of H-pyrrole nitrogens is 1. The minimum Gasteiger partial charge on any atom is -0.324 e. The van der Waals surface area contributed by atoms with E-state index in [-0.39, 0.29) is 5.56 Å². The number of nitrogens with one attached hydrogen (secondary N) is 1. The third-order valence-electron chi connectivity index (χ3n) is 2.48. The summed E-state index contributed by atoms with van der Waals surface area (Å²) >= 11 is 0. The fourth-order valence-electron chi connectivity index (χ4n) is 1.70. The predicted octanol–water partition coefficient (Wildman–Crippen LogP) is 1.69. The summed E-state index contributed by atoms with van der Waals surface area (Å²) in [6.45, 7) is 0. The molecule has 0 aliphatic carbocycles. The summed E-state index contributed by atoms with van der Waals surface area (Å²) in [4.78, 5) is 18.9. The largest absolute Gasteiger partial charge is 0.324 e. The van der Waals surface area contributed by atoms with E-state index in [1.54, 1.807) is 18.5 Å². The topological polar surface area (TPSA) is 50.2 Å². The van der Waals surface area contributed by atoms with Crippen LogP contribution in [0.3, 0.4) is 0 Å². The zero-order chi connectivity index (χ0) is 11.0. The lowest BCUT2D eigenvalue weighted by molar-refractivity contribution is 1.06. The number of nitrogens with zero attached hydrogens (tertiary/aromatic N) is 2. The van der Waals surface area contributed by atoms with Crippen molar-refractivity contribution < 1.29 is 0 Å². The molecule has 0 fully saturated rings. The average Bonchev–Trinajstić information content (AvgIpc) is 2.79. The van der Waals surface area contributed by atoms with Crippen molar-refractivity contribution in [2.75, 3.05) is 0 Å². The summed E-state index contributed by atoms with van der Waals surface area (Å²) in [5.41, 5.74) is 1.68. The van der Waals surface area contributed by atoms with Crippen molar-refractivity contribution in [3.63, 3.8) is 0 Å². The van der Waals surface area contributed by atoms with Gasteiger partial charge in [-0.2, -0.15) is 0 Å². The Balaban J connectivity index is 2.30. The molecule has 3 aromatic rings. The van der Waals surface area contributed by atoms with Gasteiger partial charge in [-0.05, 0) is 5.56 Å². The number of fused-ring (bicyclic) bond motifs is 1. The summed E-state index contributed by atoms with van der Waals surface area (Å²) in [5.74, 6) is 0.561. The molecule has 78 valence electrons. The molecule has 0 amide bonds. The maximum atomic E-state index is 11.7. The normalized spacial score (nSPS) is 10.8. The van der Waals surface area contributed by atoms with Gasteiger partial charge in [-0.25, -0.2) is 4.98 Å². The van der Waals surface area contributed by atoms with Crippen molar-refractivity contribution >= 4 is 5.78 Å². The zero-order valence-electron chi connectivity index (χ0n) is 8.42. The number of aromatic nitrogens is 3. The quantitative estimate of drug-likeness (QED) is 0.665. The van der Waals surface area contributed by atoms with Crippen LogP contribution in [0, 0.1) is 0 Å². The van der Waals surface area contributed by atoms with Crippen molar-refractivity contribution in [2.45, 2.75) is 0 Å². The number of rotatable bonds is 1. The monoisotopic (exact) mass is 211 g/mol. The lowest BCUT2D eigenvalue weighted by Crippen LogP contribution is -2.12. The van der Waals surface area contributed by atoms with Crippen molar-refractivity contribution in [3.8, 4) is 11.3 Å². The number of hydrogen-bond donors (Lipinski definition) is 1. The molecule has 4 heteroatoms. The van der Waals surface area contributed by atoms with Crippen LogP contribution in [-0.4, -0.2) is 14.4 Å². The van der Waals surface area contributed by atoms with Crippen molar-refractivity contribution in [1.82, 2.24) is 14.4 Å². The van der Waals surface area contributed by atoms with Crippen molar-refractivity contribution in [3.05, 3.63) is 59.1 Å². The molecular formula is C12H9N3O. The maximum Gasteiger partial charge on any atom is 0.259 e. The van der Waals surface area contributed by atoms with Gasteiger partial charge < -0.3 is 4.98 Å². The molecule has 1 N–H and O–H groups in total. The second kappa shape index (κ2) is 3.34. The fraction of sp³-hybridized carbons (Fsp3) is 0. The summed E-state index contributed by atoms with van der Waals surface area (Å²) in [6, 6.07) is 11.3. The molecule has 2 aromatic heterocycles. The van der Waals surface area contributed by atoms with Crippen molar-refractivity contribution in [2.24, 2.45) is 0 Å². The molecule has 0 aliphatic rings. The summed E-state index contributed by atoms with van der Waals surface area (Å²) in [7, 11) is 0. The number of benzene rings is 1. The van der Waals surface area contributed by atoms with E-state index >= 15 is 0 Å². The Kier molecular flexibility index (Phi) is 1.86. The van der Waals surface area contributed by atoms with Crippen LogP contribution in [0.5, 0.6) is 0 Å². The van der Waals surface area contributed by atoms with Crippen LogP contribution in [-0.2, 0) is 0 Å². The molecule has 0 saturated carbocycles. The highest BCUT2D eigenvalue weighted by atomic mass is 16.1. The van der Waals surface area contributed by atoms with E-state index in [1.165, 1.54) is 4.40 Å². The standard InChI is InChI=1S/C12H9N3O/c16-11-8-10(9-4-2-1-3-5-9)14-12-13-6-7-15(11)12/h1-8H,(H,13,14). The van der Waals surface area contributed by atoms with Gasteiger partial charge in [0.2, 0.25) is 5.78 Å². The van der Waals surface area contributed by atoms with Crippen LogP contribution >= 0.6 is 0 Å². The van der Waals surface area contributed by atoms with Gasteiger partial charge in [-0.15, -0.1) is 0 Å². The third-order valence-corrected chi connectivity index (χ3v) is 2.48. The first-order chi connectivity index (χ1) is 7.84. The molecule has 4 nitrogen and oxygen atoms in total. The molecule has 0 atom stereocenters. The predicted molar refractivity (Wildman–Crippen MR) is 61.2 cm³/mol. The second-order valence-corrected chi connectivity index (χ2v) is 3.51. The molecule has 2 heterocycles. The van der Waals surface area contributed by atoms with E-state index in [0.717, 1.165) is 11.3 Å². The van der Waals surface area contributed by atoms with Gasteiger partial charge in [0.1, 0.15) is 0 Å². The second-order valence-electron chi connectivity index (χ2n) is 3.51. The molecule has 0 unspecified atom stereocenters. The molecule has 16 heavy (non-hydrogen) atoms. The Morgan fingerprint density at radius 3 is 2.81 bits per heavy atom. The molecule has 0 radical (unpaired) electrons. The van der Waals surface area contributed by atoms with Crippen LogP contribution in [0.2, 0.25) is 0 Å². The lowest BCUT2D eigenvalue weighted by Gasteiger charge is -2.01. The average molecular weight is 211 g/mol. The minimum absolute atomic E-state index is 0.0786. The van der Waals surface area contributed by atoms with E-state index in [4.69, 9.17) is 0 Å². The summed E-state index contributed by atoms with van der Waals surface area (Å²) in [6.07, 6.45) is 3.24. The van der Waals surface area contributed by atoms with Crippen LogP contribution in [0.4, 0.5) is 0 Å². The molecular weight excluding hydrogens is 202 g/mol. The highest BCUT2D eigenvalue weighted by Crippen LogP contribution is 2.14. The van der Waals surface area contributed by atoms with Gasteiger partial charge in [0, 0.05) is 18.5 Å². The molecule has 3 rings (SSSR count). The van der Waals surface area contributed by atoms with Gasteiger partial charge in [0.15, 0.2) is 0 Å². The Bertz CT molecular complexity index is 682. The van der Waals surface area contributed by atoms with Gasteiger partial charge in [-0.3, -0.25) is 9.20 Å². The molecule has 0 aliphatic heterocycles. The Hall–Kier alpha value is -2.36. The zero-order valence-corrected chi connectivity index (χ0v) is 8.42. The SMILES string of the molecule is O=c1cc(-c2ccccc2)[nH]c2nccn12. The summed E-state index contributed by atoms with van der Waals surface area (Å²) in [5, 5.41) is 0. The molecule has 0 saturated heterocycles. The lowest BCUT2D eigenvalue weighted by atomic mass is 10.1. The minimum atomic E-state index is -0.0786. The molecule has 0 bridgehead atoms. The molecule has 1 aromatic carbocycles. The molecule has 0 spiro atoms. The first-order valence-electron chi connectivity index (χ1n) is 4.96. The highest BCUT2D eigenvalue weighted by molar-refractivity contribution is 5.60. The van der Waals surface area contributed by atoms with Gasteiger partial charge in [-0.1, -0.05) is 30.3 Å². The third kappa shape index (κ3) is 1.32. The first kappa shape index (κ1) is 8.91. The fourth-order valence-corrected chi connectivity index (χ4v) is 1.70. The van der Waals surface area contributed by atoms with E-state index in [0.29, 0.717) is 5.78 Å².